The molecule has 90 valence electrons. The van der Waals surface area contributed by atoms with Crippen molar-refractivity contribution in [1.29, 1.82) is 0 Å². The van der Waals surface area contributed by atoms with Gasteiger partial charge >= 0.3 is 6.18 Å². The normalized spacial score (nSPS) is 13.4. The van der Waals surface area contributed by atoms with Gasteiger partial charge in [-0.3, -0.25) is 4.98 Å². The lowest BCUT2D eigenvalue weighted by Gasteiger charge is -2.19. The Balaban J connectivity index is 3.28. The second-order valence-corrected chi connectivity index (χ2v) is 2.90. The van der Waals surface area contributed by atoms with Crippen LogP contribution < -0.4 is 9.47 Å². The fourth-order valence-corrected chi connectivity index (χ4v) is 1.19. The average molecular weight is 237 g/mol. The highest BCUT2D eigenvalue weighted by atomic mass is 19.4. The molecular weight excluding hydrogens is 227 g/mol. The summed E-state index contributed by atoms with van der Waals surface area (Å²) >= 11 is 0. The average Bonchev–Trinajstić information content (AvgIpc) is 2.25. The number of pyridine rings is 1. The number of alkyl halides is 3. The van der Waals surface area contributed by atoms with Crippen molar-refractivity contribution in [2.45, 2.75) is 12.3 Å². The van der Waals surface area contributed by atoms with Crippen molar-refractivity contribution >= 4 is 0 Å². The molecule has 16 heavy (non-hydrogen) atoms. The summed E-state index contributed by atoms with van der Waals surface area (Å²) in [6.45, 7) is 0. The SMILES string of the molecule is COc1cncc(OC)c1[C@@H](O)C(F)(F)F. The maximum absolute atomic E-state index is 12.4. The number of halogens is 3. The highest BCUT2D eigenvalue weighted by Gasteiger charge is 2.42. The first-order chi connectivity index (χ1) is 7.41. The van der Waals surface area contributed by atoms with Crippen LogP contribution in [0, 0.1) is 0 Å². The molecule has 7 heteroatoms. The molecule has 0 saturated heterocycles. The molecule has 1 atom stereocenters. The number of aromatic nitrogens is 1. The molecule has 1 N–H and O–H groups in total. The summed E-state index contributed by atoms with van der Waals surface area (Å²) in [5.41, 5.74) is -0.479. The molecular formula is C9H10F3NO3. The minimum atomic E-state index is -4.79. The summed E-state index contributed by atoms with van der Waals surface area (Å²) in [4.78, 5) is 3.62. The standard InChI is InChI=1S/C9H10F3NO3/c1-15-5-3-13-4-6(16-2)7(5)8(14)9(10,11)12/h3-4,8,14H,1-2H3/t8-/m1/s1. The van der Waals surface area contributed by atoms with E-state index < -0.39 is 17.8 Å². The molecule has 0 aliphatic rings. The zero-order valence-electron chi connectivity index (χ0n) is 8.58. The van der Waals surface area contributed by atoms with Gasteiger partial charge in [-0.1, -0.05) is 0 Å². The molecule has 0 aromatic carbocycles. The summed E-state index contributed by atoms with van der Waals surface area (Å²) in [6.07, 6.45) is -5.30. The van der Waals surface area contributed by atoms with E-state index >= 15 is 0 Å². The van der Waals surface area contributed by atoms with Crippen molar-refractivity contribution in [3.63, 3.8) is 0 Å². The number of aliphatic hydroxyl groups is 1. The van der Waals surface area contributed by atoms with E-state index in [1.54, 1.807) is 0 Å². The topological polar surface area (TPSA) is 51.6 Å². The van der Waals surface area contributed by atoms with Crippen LogP contribution >= 0.6 is 0 Å². The van der Waals surface area contributed by atoms with E-state index in [2.05, 4.69) is 4.98 Å². The smallest absolute Gasteiger partial charge is 0.418 e. The predicted octanol–water partition coefficient (Wildman–Crippen LogP) is 1.69. The van der Waals surface area contributed by atoms with Crippen LogP contribution in [0.3, 0.4) is 0 Å². The Bertz CT molecular complexity index is 345. The van der Waals surface area contributed by atoms with Crippen LogP contribution in [0.1, 0.15) is 11.7 Å². The minimum Gasteiger partial charge on any atom is -0.495 e. The molecule has 0 radical (unpaired) electrons. The number of rotatable bonds is 3. The third-order valence-electron chi connectivity index (χ3n) is 1.94. The lowest BCUT2D eigenvalue weighted by atomic mass is 10.1. The van der Waals surface area contributed by atoms with Gasteiger partial charge in [0.25, 0.3) is 0 Å². The number of methoxy groups -OCH3 is 2. The molecule has 0 saturated carbocycles. The Kier molecular flexibility index (Phi) is 3.58. The fraction of sp³-hybridized carbons (Fsp3) is 0.444. The molecule has 1 aromatic rings. The number of ether oxygens (including phenoxy) is 2. The summed E-state index contributed by atoms with van der Waals surface area (Å²) in [6, 6.07) is 0. The monoisotopic (exact) mass is 237 g/mol. The lowest BCUT2D eigenvalue weighted by molar-refractivity contribution is -0.207. The molecule has 0 amide bonds. The van der Waals surface area contributed by atoms with Gasteiger partial charge in [0.05, 0.1) is 32.2 Å². The summed E-state index contributed by atoms with van der Waals surface area (Å²) in [5.74, 6) is -0.353. The van der Waals surface area contributed by atoms with E-state index in [-0.39, 0.29) is 11.5 Å². The first-order valence-electron chi connectivity index (χ1n) is 4.22. The van der Waals surface area contributed by atoms with Gasteiger partial charge in [0, 0.05) is 0 Å². The van der Waals surface area contributed by atoms with E-state index in [1.807, 2.05) is 0 Å². The van der Waals surface area contributed by atoms with Crippen molar-refractivity contribution in [3.05, 3.63) is 18.0 Å². The molecule has 0 fully saturated rings. The van der Waals surface area contributed by atoms with Crippen LogP contribution in [-0.4, -0.2) is 30.5 Å². The van der Waals surface area contributed by atoms with Crippen LogP contribution in [0.25, 0.3) is 0 Å². The number of aliphatic hydroxyl groups excluding tert-OH is 1. The minimum absolute atomic E-state index is 0.177. The first-order valence-corrected chi connectivity index (χ1v) is 4.22. The number of hydrogen-bond acceptors (Lipinski definition) is 4. The Morgan fingerprint density at radius 3 is 1.94 bits per heavy atom. The number of nitrogens with zero attached hydrogens (tertiary/aromatic N) is 1. The second-order valence-electron chi connectivity index (χ2n) is 2.90. The Labute approximate surface area is 89.6 Å². The van der Waals surface area contributed by atoms with Gasteiger partial charge in [0.1, 0.15) is 11.5 Å². The highest BCUT2D eigenvalue weighted by molar-refractivity contribution is 5.44. The van der Waals surface area contributed by atoms with Gasteiger partial charge in [-0.05, 0) is 0 Å². The molecule has 0 aliphatic heterocycles. The van der Waals surface area contributed by atoms with Gasteiger partial charge in [0.2, 0.25) is 0 Å². The molecule has 0 spiro atoms. The van der Waals surface area contributed by atoms with Crippen LogP contribution in [0.15, 0.2) is 12.4 Å². The maximum Gasteiger partial charge on any atom is 0.418 e. The van der Waals surface area contributed by atoms with Crippen molar-refractivity contribution in [2.75, 3.05) is 14.2 Å². The second kappa shape index (κ2) is 4.56. The van der Waals surface area contributed by atoms with Gasteiger partial charge in [-0.2, -0.15) is 13.2 Å². The van der Waals surface area contributed by atoms with E-state index in [9.17, 15) is 13.2 Å². The summed E-state index contributed by atoms with van der Waals surface area (Å²) in [5, 5.41) is 9.17. The van der Waals surface area contributed by atoms with Crippen molar-refractivity contribution in [3.8, 4) is 11.5 Å². The summed E-state index contributed by atoms with van der Waals surface area (Å²) in [7, 11) is 2.37. The van der Waals surface area contributed by atoms with Crippen LogP contribution in [0.4, 0.5) is 13.2 Å². The zero-order valence-corrected chi connectivity index (χ0v) is 8.58. The van der Waals surface area contributed by atoms with E-state index in [0.29, 0.717) is 0 Å². The van der Waals surface area contributed by atoms with E-state index in [1.165, 1.54) is 14.2 Å². The van der Waals surface area contributed by atoms with Crippen LogP contribution in [0.2, 0.25) is 0 Å². The van der Waals surface area contributed by atoms with Gasteiger partial charge < -0.3 is 14.6 Å². The third-order valence-corrected chi connectivity index (χ3v) is 1.94. The molecule has 4 nitrogen and oxygen atoms in total. The van der Waals surface area contributed by atoms with Crippen LogP contribution in [0.5, 0.6) is 11.5 Å². The Morgan fingerprint density at radius 2 is 1.62 bits per heavy atom. The Hall–Kier alpha value is -1.50. The molecule has 0 unspecified atom stereocenters. The van der Waals surface area contributed by atoms with Gasteiger partial charge in [-0.15, -0.1) is 0 Å². The zero-order chi connectivity index (χ0) is 12.3. The molecule has 1 heterocycles. The van der Waals surface area contributed by atoms with E-state index in [0.717, 1.165) is 12.4 Å². The van der Waals surface area contributed by atoms with Crippen molar-refractivity contribution < 1.29 is 27.8 Å². The fourth-order valence-electron chi connectivity index (χ4n) is 1.19. The van der Waals surface area contributed by atoms with Crippen molar-refractivity contribution in [2.24, 2.45) is 0 Å². The van der Waals surface area contributed by atoms with E-state index in [4.69, 9.17) is 14.6 Å². The summed E-state index contributed by atoms with van der Waals surface area (Å²) < 4.78 is 46.6. The van der Waals surface area contributed by atoms with Crippen molar-refractivity contribution in [1.82, 2.24) is 4.98 Å². The molecule has 0 aliphatic carbocycles. The highest BCUT2D eigenvalue weighted by Crippen LogP contribution is 2.41. The van der Waals surface area contributed by atoms with Crippen LogP contribution in [-0.2, 0) is 0 Å². The van der Waals surface area contributed by atoms with Gasteiger partial charge in [-0.25, -0.2) is 0 Å². The first kappa shape index (κ1) is 12.6. The van der Waals surface area contributed by atoms with Gasteiger partial charge in [0.15, 0.2) is 6.10 Å². The third kappa shape index (κ3) is 2.35. The molecule has 1 rings (SSSR count). The lowest BCUT2D eigenvalue weighted by Crippen LogP contribution is -2.21. The largest absolute Gasteiger partial charge is 0.495 e. The quantitative estimate of drug-likeness (QED) is 0.869. The maximum atomic E-state index is 12.4. The Morgan fingerprint density at radius 1 is 1.19 bits per heavy atom. The predicted molar refractivity (Wildman–Crippen MR) is 48.4 cm³/mol. The number of hydrogen-bond donors (Lipinski definition) is 1. The molecule has 1 aromatic heterocycles. The molecule has 0 bridgehead atoms.